The van der Waals surface area contributed by atoms with Crippen LogP contribution in [0.5, 0.6) is 5.75 Å². The first-order valence-corrected chi connectivity index (χ1v) is 10.9. The topological polar surface area (TPSA) is 75.7 Å². The number of anilines is 1. The Morgan fingerprint density at radius 3 is 2.48 bits per heavy atom. The molecule has 6 nitrogen and oxygen atoms in total. The van der Waals surface area contributed by atoms with Crippen LogP contribution in [-0.2, 0) is 16.2 Å². The summed E-state index contributed by atoms with van der Waals surface area (Å²) in [4.78, 5) is 38.2. The highest BCUT2D eigenvalue weighted by Gasteiger charge is 2.36. The van der Waals surface area contributed by atoms with E-state index in [2.05, 4.69) is 5.32 Å². The number of halogens is 1. The summed E-state index contributed by atoms with van der Waals surface area (Å²) in [5.41, 5.74) is 2.02. The van der Waals surface area contributed by atoms with E-state index in [1.165, 1.54) is 18.2 Å². The maximum atomic E-state index is 13.3. The van der Waals surface area contributed by atoms with Crippen molar-refractivity contribution in [3.63, 3.8) is 0 Å². The Morgan fingerprint density at radius 1 is 1.00 bits per heavy atom. The van der Waals surface area contributed by atoms with Crippen molar-refractivity contribution in [1.29, 1.82) is 0 Å². The van der Waals surface area contributed by atoms with Gasteiger partial charge in [0.25, 0.3) is 11.1 Å². The van der Waals surface area contributed by atoms with Crippen molar-refractivity contribution in [3.05, 3.63) is 101 Å². The lowest BCUT2D eigenvalue weighted by Gasteiger charge is -2.12. The lowest BCUT2D eigenvalue weighted by molar-refractivity contribution is -0.127. The molecule has 1 saturated heterocycles. The molecule has 3 aromatic rings. The molecule has 0 saturated carbocycles. The van der Waals surface area contributed by atoms with E-state index in [-0.39, 0.29) is 10.6 Å². The molecular formula is C25H19FN2O4S. The predicted octanol–water partition coefficient (Wildman–Crippen LogP) is 5.08. The highest BCUT2D eigenvalue weighted by molar-refractivity contribution is 8.18. The van der Waals surface area contributed by atoms with E-state index in [0.717, 1.165) is 33.9 Å². The summed E-state index contributed by atoms with van der Waals surface area (Å²) in [5, 5.41) is 1.94. The number of carbonyl (C=O) groups excluding carboxylic acids is 3. The van der Waals surface area contributed by atoms with E-state index in [4.69, 9.17) is 4.74 Å². The van der Waals surface area contributed by atoms with Crippen LogP contribution >= 0.6 is 11.8 Å². The molecule has 166 valence electrons. The normalized spacial score (nSPS) is 14.6. The number of hydrogen-bond acceptors (Lipinski definition) is 5. The molecule has 1 N–H and O–H groups in total. The number of rotatable bonds is 7. The second-order valence-corrected chi connectivity index (χ2v) is 8.16. The van der Waals surface area contributed by atoms with Crippen LogP contribution < -0.4 is 10.1 Å². The van der Waals surface area contributed by atoms with Crippen LogP contribution in [0.15, 0.2) is 83.8 Å². The Balaban J connectivity index is 1.36. The Hall–Kier alpha value is -3.91. The molecular weight excluding hydrogens is 443 g/mol. The fourth-order valence-corrected chi connectivity index (χ4v) is 3.94. The largest absolute Gasteiger partial charge is 0.489 e. The first kappa shape index (κ1) is 22.3. The number of benzene rings is 3. The SMILES string of the molecule is O=C(CN1C(=O)S/C(=C/c2ccc(OCc3ccccc3)cc2)C1=O)Nc1cccc(F)c1. The van der Waals surface area contributed by atoms with Crippen LogP contribution in [0.4, 0.5) is 14.9 Å². The summed E-state index contributed by atoms with van der Waals surface area (Å²) in [7, 11) is 0. The molecule has 1 fully saturated rings. The van der Waals surface area contributed by atoms with E-state index in [9.17, 15) is 18.8 Å². The van der Waals surface area contributed by atoms with Gasteiger partial charge in [-0.15, -0.1) is 0 Å². The maximum Gasteiger partial charge on any atom is 0.294 e. The molecule has 0 aromatic heterocycles. The molecule has 3 amide bonds. The zero-order chi connectivity index (χ0) is 23.2. The summed E-state index contributed by atoms with van der Waals surface area (Å²) >= 11 is 0.766. The molecule has 4 rings (SSSR count). The van der Waals surface area contributed by atoms with E-state index in [1.807, 2.05) is 30.3 Å². The molecule has 1 aliphatic heterocycles. The highest BCUT2D eigenvalue weighted by Crippen LogP contribution is 2.32. The molecule has 0 atom stereocenters. The van der Waals surface area contributed by atoms with Crippen molar-refractivity contribution in [2.24, 2.45) is 0 Å². The fraction of sp³-hybridized carbons (Fsp3) is 0.0800. The average molecular weight is 463 g/mol. The van der Waals surface area contributed by atoms with E-state index < -0.39 is 29.4 Å². The van der Waals surface area contributed by atoms with Gasteiger partial charge in [-0.05, 0) is 59.3 Å². The summed E-state index contributed by atoms with van der Waals surface area (Å²) < 4.78 is 19.0. The lowest BCUT2D eigenvalue weighted by atomic mass is 10.2. The third-order valence-corrected chi connectivity index (χ3v) is 5.62. The minimum Gasteiger partial charge on any atom is -0.489 e. The molecule has 0 bridgehead atoms. The van der Waals surface area contributed by atoms with Crippen LogP contribution in [0.1, 0.15) is 11.1 Å². The van der Waals surface area contributed by atoms with Gasteiger partial charge in [-0.2, -0.15) is 0 Å². The molecule has 1 aliphatic rings. The zero-order valence-electron chi connectivity index (χ0n) is 17.4. The van der Waals surface area contributed by atoms with Crippen molar-refractivity contribution in [3.8, 4) is 5.75 Å². The van der Waals surface area contributed by atoms with Gasteiger partial charge >= 0.3 is 0 Å². The predicted molar refractivity (Wildman–Crippen MR) is 125 cm³/mol. The van der Waals surface area contributed by atoms with Crippen LogP contribution in [0, 0.1) is 5.82 Å². The number of nitrogens with zero attached hydrogens (tertiary/aromatic N) is 1. The van der Waals surface area contributed by atoms with Crippen LogP contribution in [0.2, 0.25) is 0 Å². The number of nitrogens with one attached hydrogen (secondary N) is 1. The van der Waals surface area contributed by atoms with Crippen molar-refractivity contribution in [1.82, 2.24) is 4.90 Å². The van der Waals surface area contributed by atoms with Gasteiger partial charge in [0.1, 0.15) is 24.7 Å². The van der Waals surface area contributed by atoms with E-state index in [1.54, 1.807) is 30.3 Å². The molecule has 33 heavy (non-hydrogen) atoms. The highest BCUT2D eigenvalue weighted by atomic mass is 32.2. The zero-order valence-corrected chi connectivity index (χ0v) is 18.2. The van der Waals surface area contributed by atoms with E-state index >= 15 is 0 Å². The number of thioether (sulfide) groups is 1. The van der Waals surface area contributed by atoms with Gasteiger partial charge in [0.2, 0.25) is 5.91 Å². The van der Waals surface area contributed by atoms with Gasteiger partial charge in [-0.3, -0.25) is 19.3 Å². The molecule has 3 aromatic carbocycles. The Labute approximate surface area is 194 Å². The maximum absolute atomic E-state index is 13.3. The summed E-state index contributed by atoms with van der Waals surface area (Å²) in [6, 6.07) is 22.3. The molecule has 0 aliphatic carbocycles. The van der Waals surface area contributed by atoms with Crippen LogP contribution in [0.3, 0.4) is 0 Å². The fourth-order valence-electron chi connectivity index (χ4n) is 3.10. The summed E-state index contributed by atoms with van der Waals surface area (Å²) in [5.74, 6) is -0.968. The standard InChI is InChI=1S/C25H19FN2O4S/c26-19-7-4-8-20(14-19)27-23(29)15-28-24(30)22(33-25(28)31)13-17-9-11-21(12-10-17)32-16-18-5-2-1-3-6-18/h1-14H,15-16H2,(H,27,29)/b22-13+. The Morgan fingerprint density at radius 2 is 1.76 bits per heavy atom. The van der Waals surface area contributed by atoms with Crippen molar-refractivity contribution in [2.45, 2.75) is 6.61 Å². The van der Waals surface area contributed by atoms with Gasteiger partial charge in [-0.25, -0.2) is 4.39 Å². The van der Waals surface area contributed by atoms with Gasteiger partial charge in [0.05, 0.1) is 4.91 Å². The van der Waals surface area contributed by atoms with Crippen molar-refractivity contribution >= 4 is 40.6 Å². The summed E-state index contributed by atoms with van der Waals surface area (Å²) in [6.45, 7) is -0.0124. The van der Waals surface area contributed by atoms with Gasteiger partial charge < -0.3 is 10.1 Å². The Bertz CT molecular complexity index is 1210. The second-order valence-electron chi connectivity index (χ2n) is 7.17. The lowest BCUT2D eigenvalue weighted by Crippen LogP contribution is -2.36. The third-order valence-electron chi connectivity index (χ3n) is 4.71. The Kier molecular flexibility index (Phi) is 6.85. The van der Waals surface area contributed by atoms with Crippen molar-refractivity contribution < 1.29 is 23.5 Å². The van der Waals surface area contributed by atoms with Gasteiger partial charge in [-0.1, -0.05) is 48.5 Å². The average Bonchev–Trinajstić information content (AvgIpc) is 3.06. The molecule has 0 spiro atoms. The number of carbonyl (C=O) groups is 3. The van der Waals surface area contributed by atoms with Crippen LogP contribution in [-0.4, -0.2) is 28.5 Å². The molecule has 0 radical (unpaired) electrons. The number of ether oxygens (including phenoxy) is 1. The molecule has 1 heterocycles. The van der Waals surface area contributed by atoms with Gasteiger partial charge in [0.15, 0.2) is 0 Å². The molecule has 0 unspecified atom stereocenters. The quantitative estimate of drug-likeness (QED) is 0.496. The minimum absolute atomic E-state index is 0.219. The second kappa shape index (κ2) is 10.1. The van der Waals surface area contributed by atoms with Crippen molar-refractivity contribution in [2.75, 3.05) is 11.9 Å². The number of amides is 3. The smallest absolute Gasteiger partial charge is 0.294 e. The minimum atomic E-state index is -0.593. The summed E-state index contributed by atoms with van der Waals surface area (Å²) in [6.07, 6.45) is 1.59. The molecule has 8 heteroatoms. The number of imide groups is 1. The first-order chi connectivity index (χ1) is 16.0. The van der Waals surface area contributed by atoms with Crippen LogP contribution in [0.25, 0.3) is 6.08 Å². The third kappa shape index (κ3) is 5.87. The van der Waals surface area contributed by atoms with Gasteiger partial charge in [0, 0.05) is 5.69 Å². The number of hydrogen-bond donors (Lipinski definition) is 1. The monoisotopic (exact) mass is 462 g/mol. The first-order valence-electron chi connectivity index (χ1n) is 10.1. The van der Waals surface area contributed by atoms with E-state index in [0.29, 0.717) is 12.4 Å².